The molecule has 0 saturated carbocycles. The predicted molar refractivity (Wildman–Crippen MR) is 54.4 cm³/mol. The standard InChI is InChI=1S/C10H8BrF2NO/c1-10(2,5-14)15-7-4-3-6(11)8(12)9(7)13/h3-4H,1-2H3. The van der Waals surface area contributed by atoms with Crippen LogP contribution < -0.4 is 4.74 Å². The second-order valence-electron chi connectivity index (χ2n) is 3.40. The van der Waals surface area contributed by atoms with E-state index >= 15 is 0 Å². The number of halogens is 3. The topological polar surface area (TPSA) is 33.0 Å². The number of benzene rings is 1. The van der Waals surface area contributed by atoms with Gasteiger partial charge < -0.3 is 4.74 Å². The molecule has 80 valence electrons. The summed E-state index contributed by atoms with van der Waals surface area (Å²) in [6.07, 6.45) is 0. The first-order valence-corrected chi connectivity index (χ1v) is 4.90. The molecule has 0 aromatic heterocycles. The fourth-order valence-electron chi connectivity index (χ4n) is 0.885. The van der Waals surface area contributed by atoms with Gasteiger partial charge in [0.25, 0.3) is 0 Å². The molecule has 0 fully saturated rings. The Balaban J connectivity index is 3.09. The van der Waals surface area contributed by atoms with Crippen LogP contribution in [0.25, 0.3) is 0 Å². The minimum absolute atomic E-state index is 0.0158. The van der Waals surface area contributed by atoms with Gasteiger partial charge >= 0.3 is 0 Å². The van der Waals surface area contributed by atoms with Gasteiger partial charge in [0.2, 0.25) is 5.82 Å². The van der Waals surface area contributed by atoms with E-state index in [1.807, 2.05) is 6.07 Å². The fourth-order valence-corrected chi connectivity index (χ4v) is 1.19. The lowest BCUT2D eigenvalue weighted by molar-refractivity contribution is 0.160. The van der Waals surface area contributed by atoms with Crippen LogP contribution in [-0.4, -0.2) is 5.60 Å². The fraction of sp³-hybridized carbons (Fsp3) is 0.300. The van der Waals surface area contributed by atoms with Gasteiger partial charge in [-0.15, -0.1) is 0 Å². The van der Waals surface area contributed by atoms with Gasteiger partial charge in [-0.3, -0.25) is 0 Å². The first-order chi connectivity index (χ1) is 6.87. The third kappa shape index (κ3) is 2.66. The molecular formula is C10H8BrF2NO. The van der Waals surface area contributed by atoms with Crippen molar-refractivity contribution in [3.63, 3.8) is 0 Å². The van der Waals surface area contributed by atoms with Crippen molar-refractivity contribution in [3.05, 3.63) is 28.2 Å². The number of nitriles is 1. The molecule has 0 unspecified atom stereocenters. The quantitative estimate of drug-likeness (QED) is 0.775. The molecule has 0 spiro atoms. The first kappa shape index (κ1) is 11.9. The monoisotopic (exact) mass is 275 g/mol. The Bertz CT molecular complexity index is 426. The highest BCUT2D eigenvalue weighted by Gasteiger charge is 2.22. The van der Waals surface area contributed by atoms with Crippen LogP contribution in [-0.2, 0) is 0 Å². The van der Waals surface area contributed by atoms with Crippen molar-refractivity contribution in [2.45, 2.75) is 19.4 Å². The van der Waals surface area contributed by atoms with E-state index in [0.717, 1.165) is 0 Å². The van der Waals surface area contributed by atoms with Crippen molar-refractivity contribution in [1.29, 1.82) is 5.26 Å². The van der Waals surface area contributed by atoms with Crippen LogP contribution >= 0.6 is 15.9 Å². The van der Waals surface area contributed by atoms with E-state index in [-0.39, 0.29) is 10.2 Å². The van der Waals surface area contributed by atoms with Gasteiger partial charge in [-0.05, 0) is 41.9 Å². The molecule has 0 N–H and O–H groups in total. The van der Waals surface area contributed by atoms with Crippen LogP contribution in [0.3, 0.4) is 0 Å². The summed E-state index contributed by atoms with van der Waals surface area (Å²) < 4.78 is 31.4. The summed E-state index contributed by atoms with van der Waals surface area (Å²) in [6.45, 7) is 2.93. The summed E-state index contributed by atoms with van der Waals surface area (Å²) in [5.41, 5.74) is -1.19. The molecular weight excluding hydrogens is 268 g/mol. The largest absolute Gasteiger partial charge is 0.470 e. The van der Waals surface area contributed by atoms with Gasteiger partial charge in [-0.1, -0.05) is 0 Å². The zero-order valence-electron chi connectivity index (χ0n) is 8.14. The maximum atomic E-state index is 13.3. The van der Waals surface area contributed by atoms with Crippen molar-refractivity contribution in [2.75, 3.05) is 0 Å². The SMILES string of the molecule is CC(C)(C#N)Oc1ccc(Br)c(F)c1F. The summed E-state index contributed by atoms with van der Waals surface area (Å²) in [7, 11) is 0. The van der Waals surface area contributed by atoms with E-state index in [1.54, 1.807) is 0 Å². The van der Waals surface area contributed by atoms with Crippen LogP contribution in [0.5, 0.6) is 5.75 Å². The molecule has 0 radical (unpaired) electrons. The van der Waals surface area contributed by atoms with Gasteiger partial charge in [0.1, 0.15) is 6.07 Å². The molecule has 15 heavy (non-hydrogen) atoms. The van der Waals surface area contributed by atoms with Crippen LogP contribution in [0.2, 0.25) is 0 Å². The van der Waals surface area contributed by atoms with Crippen molar-refractivity contribution < 1.29 is 13.5 Å². The highest BCUT2D eigenvalue weighted by molar-refractivity contribution is 9.10. The van der Waals surface area contributed by atoms with E-state index in [2.05, 4.69) is 15.9 Å². The molecule has 0 aliphatic heterocycles. The number of hydrogen-bond donors (Lipinski definition) is 0. The summed E-state index contributed by atoms with van der Waals surface area (Å²) in [6, 6.07) is 4.41. The van der Waals surface area contributed by atoms with Crippen LogP contribution in [0.1, 0.15) is 13.8 Å². The molecule has 0 aliphatic rings. The third-order valence-corrected chi connectivity index (χ3v) is 2.25. The van der Waals surface area contributed by atoms with E-state index in [0.29, 0.717) is 0 Å². The zero-order chi connectivity index (χ0) is 11.6. The molecule has 0 heterocycles. The smallest absolute Gasteiger partial charge is 0.201 e. The Hall–Kier alpha value is -1.15. The average molecular weight is 276 g/mol. The molecule has 1 aromatic carbocycles. The van der Waals surface area contributed by atoms with Gasteiger partial charge in [0.05, 0.1) is 4.47 Å². The Morgan fingerprint density at radius 2 is 1.93 bits per heavy atom. The lowest BCUT2D eigenvalue weighted by Gasteiger charge is -2.18. The van der Waals surface area contributed by atoms with Crippen LogP contribution in [0.4, 0.5) is 8.78 Å². The molecule has 5 heteroatoms. The molecule has 0 bridgehead atoms. The minimum Gasteiger partial charge on any atom is -0.470 e. The first-order valence-electron chi connectivity index (χ1n) is 4.11. The summed E-state index contributed by atoms with van der Waals surface area (Å²) in [5, 5.41) is 8.67. The average Bonchev–Trinajstić information content (AvgIpc) is 2.19. The van der Waals surface area contributed by atoms with E-state index < -0.39 is 17.2 Å². The normalized spacial score (nSPS) is 10.9. The highest BCUT2D eigenvalue weighted by Crippen LogP contribution is 2.28. The highest BCUT2D eigenvalue weighted by atomic mass is 79.9. The van der Waals surface area contributed by atoms with Crippen LogP contribution in [0, 0.1) is 23.0 Å². The Labute approximate surface area is 94.6 Å². The number of hydrogen-bond acceptors (Lipinski definition) is 2. The van der Waals surface area contributed by atoms with Gasteiger partial charge in [0, 0.05) is 0 Å². The summed E-state index contributed by atoms with van der Waals surface area (Å²) >= 11 is 2.84. The van der Waals surface area contributed by atoms with Crippen molar-refractivity contribution in [1.82, 2.24) is 0 Å². The predicted octanol–water partition coefficient (Wildman–Crippen LogP) is 3.41. The molecule has 0 saturated heterocycles. The second kappa shape index (κ2) is 4.15. The Morgan fingerprint density at radius 1 is 1.33 bits per heavy atom. The Morgan fingerprint density at radius 3 is 2.47 bits per heavy atom. The maximum Gasteiger partial charge on any atom is 0.201 e. The molecule has 2 nitrogen and oxygen atoms in total. The molecule has 1 aromatic rings. The van der Waals surface area contributed by atoms with Crippen molar-refractivity contribution in [2.24, 2.45) is 0 Å². The number of nitrogens with zero attached hydrogens (tertiary/aromatic N) is 1. The van der Waals surface area contributed by atoms with Gasteiger partial charge in [0.15, 0.2) is 17.2 Å². The lowest BCUT2D eigenvalue weighted by Crippen LogP contribution is -2.26. The van der Waals surface area contributed by atoms with Gasteiger partial charge in [-0.25, -0.2) is 4.39 Å². The van der Waals surface area contributed by atoms with E-state index in [9.17, 15) is 8.78 Å². The lowest BCUT2D eigenvalue weighted by atomic mass is 10.2. The zero-order valence-corrected chi connectivity index (χ0v) is 9.73. The van der Waals surface area contributed by atoms with Crippen molar-refractivity contribution >= 4 is 15.9 Å². The third-order valence-electron chi connectivity index (χ3n) is 1.63. The van der Waals surface area contributed by atoms with Crippen LogP contribution in [0.15, 0.2) is 16.6 Å². The number of rotatable bonds is 2. The molecule has 0 aliphatic carbocycles. The molecule has 0 amide bonds. The Kier molecular flexibility index (Phi) is 3.30. The van der Waals surface area contributed by atoms with Crippen molar-refractivity contribution in [3.8, 4) is 11.8 Å². The maximum absolute atomic E-state index is 13.3. The van der Waals surface area contributed by atoms with E-state index in [4.69, 9.17) is 10.00 Å². The summed E-state index contributed by atoms with van der Waals surface area (Å²) in [4.78, 5) is 0. The second-order valence-corrected chi connectivity index (χ2v) is 4.25. The summed E-state index contributed by atoms with van der Waals surface area (Å²) in [5.74, 6) is -2.41. The number of ether oxygens (including phenoxy) is 1. The van der Waals surface area contributed by atoms with E-state index in [1.165, 1.54) is 26.0 Å². The molecule has 0 atom stereocenters. The minimum atomic E-state index is -1.19. The van der Waals surface area contributed by atoms with Gasteiger partial charge in [-0.2, -0.15) is 9.65 Å². The molecule has 1 rings (SSSR count).